The number of nitrogens with zero attached hydrogens (tertiary/aromatic N) is 2. The first-order chi connectivity index (χ1) is 9.34. The first-order valence-electron chi connectivity index (χ1n) is 5.46. The topological polar surface area (TPSA) is 117 Å². The zero-order chi connectivity index (χ0) is 14.9. The average molecular weight is 320 g/mol. The smallest absolute Gasteiger partial charge is 0.323 e. The summed E-state index contributed by atoms with van der Waals surface area (Å²) in [5.74, 6) is -1.93. The van der Waals surface area contributed by atoms with Crippen LogP contribution in [-0.2, 0) is 19.6 Å². The van der Waals surface area contributed by atoms with Crippen LogP contribution in [0, 0.1) is 0 Å². The molecule has 0 aromatic carbocycles. The maximum Gasteiger partial charge on any atom is 0.323 e. The van der Waals surface area contributed by atoms with Gasteiger partial charge in [-0.05, 0) is 12.1 Å². The molecule has 1 atom stereocenters. The van der Waals surface area contributed by atoms with Crippen molar-refractivity contribution in [3.63, 3.8) is 0 Å². The SMILES string of the molecule is O=C1CN(S(=O)(=O)c2cccnc2Cl)C(C(=O)O)CN1. The molecule has 2 rings (SSSR count). The summed E-state index contributed by atoms with van der Waals surface area (Å²) >= 11 is 5.73. The number of rotatable bonds is 3. The van der Waals surface area contributed by atoms with Gasteiger partial charge in [0.2, 0.25) is 15.9 Å². The maximum absolute atomic E-state index is 12.4. The number of hydrogen-bond donors (Lipinski definition) is 2. The maximum atomic E-state index is 12.4. The molecule has 1 unspecified atom stereocenters. The Morgan fingerprint density at radius 2 is 2.25 bits per heavy atom. The molecule has 1 fully saturated rings. The van der Waals surface area contributed by atoms with E-state index in [0.29, 0.717) is 4.31 Å². The van der Waals surface area contributed by atoms with Gasteiger partial charge in [0, 0.05) is 12.7 Å². The fraction of sp³-hybridized carbons (Fsp3) is 0.300. The third-order valence-corrected chi connectivity index (χ3v) is 5.04. The minimum Gasteiger partial charge on any atom is -0.480 e. The highest BCUT2D eigenvalue weighted by Crippen LogP contribution is 2.24. The Labute approximate surface area is 119 Å². The summed E-state index contributed by atoms with van der Waals surface area (Å²) in [6.07, 6.45) is 1.30. The minimum atomic E-state index is -4.22. The van der Waals surface area contributed by atoms with Crippen LogP contribution in [-0.4, -0.2) is 53.8 Å². The molecular weight excluding hydrogens is 310 g/mol. The van der Waals surface area contributed by atoms with Crippen LogP contribution in [0.3, 0.4) is 0 Å². The van der Waals surface area contributed by atoms with Crippen molar-refractivity contribution >= 4 is 33.5 Å². The van der Waals surface area contributed by atoms with Gasteiger partial charge in [0.25, 0.3) is 0 Å². The van der Waals surface area contributed by atoms with Crippen molar-refractivity contribution in [2.45, 2.75) is 10.9 Å². The molecule has 0 saturated carbocycles. The first-order valence-corrected chi connectivity index (χ1v) is 7.27. The van der Waals surface area contributed by atoms with E-state index in [4.69, 9.17) is 16.7 Å². The number of sulfonamides is 1. The summed E-state index contributed by atoms with van der Waals surface area (Å²) in [6, 6.07) is 1.18. The van der Waals surface area contributed by atoms with Gasteiger partial charge in [-0.3, -0.25) is 9.59 Å². The lowest BCUT2D eigenvalue weighted by atomic mass is 10.2. The van der Waals surface area contributed by atoms with Crippen LogP contribution in [0.2, 0.25) is 5.15 Å². The highest BCUT2D eigenvalue weighted by atomic mass is 35.5. The molecule has 0 aliphatic carbocycles. The Kier molecular flexibility index (Phi) is 3.93. The number of piperazine rings is 1. The third-order valence-electron chi connectivity index (χ3n) is 2.74. The summed E-state index contributed by atoms with van der Waals surface area (Å²) in [5, 5.41) is 11.1. The van der Waals surface area contributed by atoms with Gasteiger partial charge >= 0.3 is 5.97 Å². The molecule has 20 heavy (non-hydrogen) atoms. The van der Waals surface area contributed by atoms with Crippen molar-refractivity contribution in [1.29, 1.82) is 0 Å². The van der Waals surface area contributed by atoms with Crippen molar-refractivity contribution in [1.82, 2.24) is 14.6 Å². The van der Waals surface area contributed by atoms with Crippen LogP contribution >= 0.6 is 11.6 Å². The van der Waals surface area contributed by atoms with Crippen molar-refractivity contribution in [3.8, 4) is 0 Å². The molecule has 2 heterocycles. The van der Waals surface area contributed by atoms with E-state index in [2.05, 4.69) is 10.3 Å². The number of carbonyl (C=O) groups excluding carboxylic acids is 1. The lowest BCUT2D eigenvalue weighted by molar-refractivity contribution is -0.143. The van der Waals surface area contributed by atoms with Gasteiger partial charge in [-0.1, -0.05) is 11.6 Å². The monoisotopic (exact) mass is 319 g/mol. The van der Waals surface area contributed by atoms with Gasteiger partial charge in [-0.25, -0.2) is 13.4 Å². The second-order valence-corrected chi connectivity index (χ2v) is 6.22. The molecule has 10 heteroatoms. The van der Waals surface area contributed by atoms with Crippen LogP contribution < -0.4 is 5.32 Å². The van der Waals surface area contributed by atoms with Gasteiger partial charge in [0.15, 0.2) is 0 Å². The number of hydrogen-bond acceptors (Lipinski definition) is 5. The second kappa shape index (κ2) is 5.35. The molecule has 1 aliphatic heterocycles. The molecule has 108 valence electrons. The quantitative estimate of drug-likeness (QED) is 0.712. The Morgan fingerprint density at radius 1 is 1.55 bits per heavy atom. The van der Waals surface area contributed by atoms with E-state index in [1.54, 1.807) is 0 Å². The molecule has 2 N–H and O–H groups in total. The number of carboxylic acids is 1. The Bertz CT molecular complexity index is 663. The van der Waals surface area contributed by atoms with Gasteiger partial charge in [0.1, 0.15) is 16.1 Å². The molecule has 0 spiro atoms. The molecule has 1 amide bonds. The third kappa shape index (κ3) is 2.60. The number of carbonyl (C=O) groups is 2. The normalized spacial score (nSPS) is 20.4. The standard InChI is InChI=1S/C10H10ClN3O5S/c11-9-7(2-1-3-12-9)20(18,19)14-5-8(15)13-4-6(14)10(16)17/h1-3,6H,4-5H2,(H,13,15)(H,16,17). The number of pyridine rings is 1. The zero-order valence-corrected chi connectivity index (χ0v) is 11.6. The molecule has 0 radical (unpaired) electrons. The van der Waals surface area contributed by atoms with E-state index in [0.717, 1.165) is 0 Å². The molecule has 1 saturated heterocycles. The number of carboxylic acid groups (broad SMARTS) is 1. The van der Waals surface area contributed by atoms with Gasteiger partial charge < -0.3 is 10.4 Å². The van der Waals surface area contributed by atoms with Crippen molar-refractivity contribution in [2.24, 2.45) is 0 Å². The van der Waals surface area contributed by atoms with E-state index >= 15 is 0 Å². The largest absolute Gasteiger partial charge is 0.480 e. The second-order valence-electron chi connectivity index (χ2n) is 4.00. The van der Waals surface area contributed by atoms with E-state index < -0.39 is 34.5 Å². The van der Waals surface area contributed by atoms with Crippen molar-refractivity contribution in [3.05, 3.63) is 23.5 Å². The van der Waals surface area contributed by atoms with Crippen molar-refractivity contribution < 1.29 is 23.1 Å². The molecule has 1 aromatic rings. The number of halogens is 1. The van der Waals surface area contributed by atoms with Crippen LogP contribution in [0.1, 0.15) is 0 Å². The van der Waals surface area contributed by atoms with Crippen LogP contribution in [0.25, 0.3) is 0 Å². The van der Waals surface area contributed by atoms with E-state index in [1.807, 2.05) is 0 Å². The Morgan fingerprint density at radius 3 is 2.85 bits per heavy atom. The highest BCUT2D eigenvalue weighted by Gasteiger charge is 2.41. The Balaban J connectivity index is 2.48. The van der Waals surface area contributed by atoms with E-state index in [-0.39, 0.29) is 16.6 Å². The van der Waals surface area contributed by atoms with Gasteiger partial charge in [0.05, 0.1) is 6.54 Å². The predicted octanol–water partition coefficient (Wildman–Crippen LogP) is -0.691. The van der Waals surface area contributed by atoms with Crippen molar-refractivity contribution in [2.75, 3.05) is 13.1 Å². The first kappa shape index (κ1) is 14.7. The summed E-state index contributed by atoms with van der Waals surface area (Å²) in [5.41, 5.74) is 0. The molecule has 1 aliphatic rings. The number of amides is 1. The fourth-order valence-electron chi connectivity index (χ4n) is 1.77. The molecular formula is C10H10ClN3O5S. The van der Waals surface area contributed by atoms with Crippen LogP contribution in [0.5, 0.6) is 0 Å². The molecule has 0 bridgehead atoms. The van der Waals surface area contributed by atoms with Crippen LogP contribution in [0.4, 0.5) is 0 Å². The van der Waals surface area contributed by atoms with Gasteiger partial charge in [-0.2, -0.15) is 4.31 Å². The zero-order valence-electron chi connectivity index (χ0n) is 9.98. The average Bonchev–Trinajstić information content (AvgIpc) is 2.38. The van der Waals surface area contributed by atoms with E-state index in [9.17, 15) is 18.0 Å². The fourth-order valence-corrected chi connectivity index (χ4v) is 3.74. The number of aliphatic carboxylic acids is 1. The summed E-state index contributed by atoms with van der Waals surface area (Å²) < 4.78 is 25.5. The minimum absolute atomic E-state index is 0.275. The molecule has 1 aromatic heterocycles. The van der Waals surface area contributed by atoms with Gasteiger partial charge in [-0.15, -0.1) is 0 Å². The number of nitrogens with one attached hydrogen (secondary N) is 1. The predicted molar refractivity (Wildman–Crippen MR) is 67.6 cm³/mol. The lowest BCUT2D eigenvalue weighted by Crippen LogP contribution is -2.59. The molecule has 8 nitrogen and oxygen atoms in total. The summed E-state index contributed by atoms with van der Waals surface area (Å²) in [4.78, 5) is 25.8. The number of aromatic nitrogens is 1. The van der Waals surface area contributed by atoms with Crippen LogP contribution in [0.15, 0.2) is 23.2 Å². The lowest BCUT2D eigenvalue weighted by Gasteiger charge is -2.31. The Hall–Kier alpha value is -1.71. The summed E-state index contributed by atoms with van der Waals surface area (Å²) in [6.45, 7) is -0.879. The highest BCUT2D eigenvalue weighted by molar-refractivity contribution is 7.89. The van der Waals surface area contributed by atoms with E-state index in [1.165, 1.54) is 18.3 Å². The summed E-state index contributed by atoms with van der Waals surface area (Å²) in [7, 11) is -4.22.